The normalized spacial score (nSPS) is 13.1. The van der Waals surface area contributed by atoms with Crippen molar-refractivity contribution in [3.05, 3.63) is 71.7 Å². The van der Waals surface area contributed by atoms with Gasteiger partial charge in [-0.15, -0.1) is 10.2 Å². The fourth-order valence-electron chi connectivity index (χ4n) is 4.04. The van der Waals surface area contributed by atoms with Crippen LogP contribution in [0, 0.1) is 11.3 Å². The van der Waals surface area contributed by atoms with Crippen molar-refractivity contribution in [3.8, 4) is 28.7 Å². The Morgan fingerprint density at radius 1 is 1.19 bits per heavy atom. The Morgan fingerprint density at radius 2 is 2.00 bits per heavy atom. The molecule has 1 aliphatic rings. The maximum atomic E-state index is 13.4. The third-order valence-corrected chi connectivity index (χ3v) is 5.95. The first-order chi connectivity index (χ1) is 17.9. The van der Waals surface area contributed by atoms with E-state index in [-0.39, 0.29) is 17.7 Å². The van der Waals surface area contributed by atoms with Gasteiger partial charge < -0.3 is 25.2 Å². The van der Waals surface area contributed by atoms with Crippen molar-refractivity contribution < 1.29 is 24.2 Å². The van der Waals surface area contributed by atoms with Crippen LogP contribution in [0.4, 0.5) is 5.69 Å². The first-order valence-corrected chi connectivity index (χ1v) is 11.5. The summed E-state index contributed by atoms with van der Waals surface area (Å²) < 4.78 is 12.8. The smallest absolute Gasteiger partial charge is 0.320 e. The second-order valence-electron chi connectivity index (χ2n) is 8.42. The van der Waals surface area contributed by atoms with Gasteiger partial charge in [0.05, 0.1) is 16.8 Å². The third kappa shape index (κ3) is 4.78. The number of carboxylic acids is 1. The van der Waals surface area contributed by atoms with Crippen LogP contribution in [0.2, 0.25) is 0 Å². The van der Waals surface area contributed by atoms with E-state index < -0.39 is 17.9 Å². The number of nitrogens with one attached hydrogen (secondary N) is 2. The number of amides is 1. The molecule has 0 saturated heterocycles. The summed E-state index contributed by atoms with van der Waals surface area (Å²) in [7, 11) is 0. The summed E-state index contributed by atoms with van der Waals surface area (Å²) in [6.07, 6.45) is 3.18. The summed E-state index contributed by atoms with van der Waals surface area (Å²) in [5.41, 5.74) is 3.22. The summed E-state index contributed by atoms with van der Waals surface area (Å²) >= 11 is 0. The molecule has 0 radical (unpaired) electrons. The van der Waals surface area contributed by atoms with Gasteiger partial charge in [-0.05, 0) is 42.3 Å². The lowest BCUT2D eigenvalue weighted by molar-refractivity contribution is -0.139. The molecule has 0 spiro atoms. The van der Waals surface area contributed by atoms with Crippen molar-refractivity contribution in [1.29, 1.82) is 5.26 Å². The van der Waals surface area contributed by atoms with Crippen LogP contribution in [0.15, 0.2) is 55.0 Å². The summed E-state index contributed by atoms with van der Waals surface area (Å²) in [5, 5.41) is 32.8. The van der Waals surface area contributed by atoms with Gasteiger partial charge >= 0.3 is 5.97 Å². The van der Waals surface area contributed by atoms with Gasteiger partial charge in [-0.3, -0.25) is 14.0 Å². The largest absolute Gasteiger partial charge is 0.486 e. The zero-order valence-electron chi connectivity index (χ0n) is 19.8. The predicted octanol–water partition coefficient (Wildman–Crippen LogP) is 2.85. The molecule has 5 rings (SSSR count). The van der Waals surface area contributed by atoms with E-state index in [9.17, 15) is 14.9 Å². The lowest BCUT2D eigenvalue weighted by Crippen LogP contribution is -2.33. The molecule has 4 aromatic rings. The molecule has 0 bridgehead atoms. The molecule has 37 heavy (non-hydrogen) atoms. The minimum absolute atomic E-state index is 0.213. The number of fused-ring (bicyclic) bond motifs is 2. The van der Waals surface area contributed by atoms with Gasteiger partial charge in [-0.2, -0.15) is 5.26 Å². The molecule has 11 heteroatoms. The molecule has 2 aromatic carbocycles. The topological polar surface area (TPSA) is 151 Å². The number of pyridine rings is 1. The first kappa shape index (κ1) is 23.8. The van der Waals surface area contributed by atoms with E-state index in [0.717, 1.165) is 5.56 Å². The number of benzene rings is 2. The SMILES string of the molecule is C[C@@H](NCc1cc(C(=O)Nc2cccc(-c3ccc4c(c3)OCCO4)c2C#N)c2nncn2c1)C(=O)O. The van der Waals surface area contributed by atoms with Crippen LogP contribution in [0.1, 0.15) is 28.4 Å². The van der Waals surface area contributed by atoms with Crippen LogP contribution in [-0.4, -0.2) is 50.8 Å². The van der Waals surface area contributed by atoms with Gasteiger partial charge in [-0.25, -0.2) is 0 Å². The lowest BCUT2D eigenvalue weighted by atomic mass is 9.98. The Hall–Kier alpha value is -4.95. The van der Waals surface area contributed by atoms with E-state index in [1.165, 1.54) is 13.3 Å². The number of rotatable bonds is 7. The number of nitrogens with zero attached hydrogens (tertiary/aromatic N) is 4. The van der Waals surface area contributed by atoms with Crippen LogP contribution in [0.3, 0.4) is 0 Å². The number of hydrogen-bond acceptors (Lipinski definition) is 8. The average Bonchev–Trinajstić information content (AvgIpc) is 3.39. The van der Waals surface area contributed by atoms with Gasteiger partial charge in [-0.1, -0.05) is 18.2 Å². The Bertz CT molecular complexity index is 1560. The number of aliphatic carboxylic acids is 1. The minimum atomic E-state index is -0.981. The standard InChI is InChI=1S/C26H22N6O5/c1-15(26(34)35)28-12-16-9-19(24-31-29-14-32(24)13-16)25(33)30-21-4-2-3-18(20(21)11-27)17-5-6-22-23(10-17)37-8-7-36-22/h2-6,9-10,13-15,28H,7-8,12H2,1H3,(H,30,33)(H,34,35)/t15-/m1/s1. The van der Waals surface area contributed by atoms with E-state index in [0.29, 0.717) is 47.2 Å². The highest BCUT2D eigenvalue weighted by molar-refractivity contribution is 6.09. The van der Waals surface area contributed by atoms with Crippen LogP contribution in [-0.2, 0) is 11.3 Å². The van der Waals surface area contributed by atoms with Gasteiger partial charge in [0.1, 0.15) is 31.7 Å². The average molecular weight is 498 g/mol. The quantitative estimate of drug-likeness (QED) is 0.349. The first-order valence-electron chi connectivity index (χ1n) is 11.5. The number of carboxylic acid groups (broad SMARTS) is 1. The van der Waals surface area contributed by atoms with Gasteiger partial charge in [0.15, 0.2) is 17.1 Å². The van der Waals surface area contributed by atoms with Gasteiger partial charge in [0, 0.05) is 18.3 Å². The van der Waals surface area contributed by atoms with Gasteiger partial charge in [0.2, 0.25) is 0 Å². The lowest BCUT2D eigenvalue weighted by Gasteiger charge is -2.19. The van der Waals surface area contributed by atoms with E-state index >= 15 is 0 Å². The Labute approximate surface area is 211 Å². The van der Waals surface area contributed by atoms with E-state index in [4.69, 9.17) is 14.6 Å². The number of nitriles is 1. The summed E-state index contributed by atoms with van der Waals surface area (Å²) in [6, 6.07) is 13.7. The number of carbonyl (C=O) groups is 2. The van der Waals surface area contributed by atoms with Crippen LogP contribution >= 0.6 is 0 Å². The summed E-state index contributed by atoms with van der Waals surface area (Å²) in [6.45, 7) is 2.67. The maximum Gasteiger partial charge on any atom is 0.320 e. The van der Waals surface area contributed by atoms with Crippen molar-refractivity contribution in [2.24, 2.45) is 0 Å². The molecule has 0 aliphatic carbocycles. The van der Waals surface area contributed by atoms with Crippen molar-refractivity contribution in [2.75, 3.05) is 18.5 Å². The number of carbonyl (C=O) groups excluding carboxylic acids is 1. The highest BCUT2D eigenvalue weighted by Crippen LogP contribution is 2.37. The Kier molecular flexibility index (Phi) is 6.40. The molecule has 2 aromatic heterocycles. The molecule has 186 valence electrons. The number of hydrogen-bond donors (Lipinski definition) is 3. The molecule has 3 N–H and O–H groups in total. The third-order valence-electron chi connectivity index (χ3n) is 5.95. The Morgan fingerprint density at radius 3 is 2.78 bits per heavy atom. The van der Waals surface area contributed by atoms with Crippen molar-refractivity contribution in [1.82, 2.24) is 19.9 Å². The Balaban J connectivity index is 1.46. The molecule has 3 heterocycles. The molecule has 1 atom stereocenters. The molecule has 1 amide bonds. The molecular weight excluding hydrogens is 476 g/mol. The molecule has 0 fully saturated rings. The van der Waals surface area contributed by atoms with E-state index in [1.54, 1.807) is 40.9 Å². The number of aromatic nitrogens is 3. The minimum Gasteiger partial charge on any atom is -0.486 e. The zero-order chi connectivity index (χ0) is 25.9. The second kappa shape index (κ2) is 9.96. The van der Waals surface area contributed by atoms with Crippen LogP contribution in [0.5, 0.6) is 11.5 Å². The highest BCUT2D eigenvalue weighted by atomic mass is 16.6. The monoisotopic (exact) mass is 498 g/mol. The second-order valence-corrected chi connectivity index (χ2v) is 8.42. The van der Waals surface area contributed by atoms with Crippen molar-refractivity contribution in [3.63, 3.8) is 0 Å². The molecule has 0 saturated carbocycles. The predicted molar refractivity (Wildman–Crippen MR) is 132 cm³/mol. The molecule has 11 nitrogen and oxygen atoms in total. The fourth-order valence-corrected chi connectivity index (χ4v) is 4.04. The van der Waals surface area contributed by atoms with Gasteiger partial charge in [0.25, 0.3) is 5.91 Å². The van der Waals surface area contributed by atoms with Crippen LogP contribution < -0.4 is 20.1 Å². The molecular formula is C26H22N6O5. The molecule has 1 aliphatic heterocycles. The number of ether oxygens (including phenoxy) is 2. The van der Waals surface area contributed by atoms with Crippen molar-refractivity contribution >= 4 is 23.2 Å². The summed E-state index contributed by atoms with van der Waals surface area (Å²) in [5.74, 6) is -0.228. The van der Waals surface area contributed by atoms with Crippen LogP contribution in [0.25, 0.3) is 16.8 Å². The van der Waals surface area contributed by atoms with E-state index in [2.05, 4.69) is 26.9 Å². The number of anilines is 1. The molecule has 0 unspecified atom stereocenters. The fraction of sp³-hybridized carbons (Fsp3) is 0.192. The maximum absolute atomic E-state index is 13.4. The summed E-state index contributed by atoms with van der Waals surface area (Å²) in [4.78, 5) is 24.5. The van der Waals surface area contributed by atoms with Crippen molar-refractivity contribution in [2.45, 2.75) is 19.5 Å². The van der Waals surface area contributed by atoms with E-state index in [1.807, 2.05) is 12.1 Å². The zero-order valence-corrected chi connectivity index (χ0v) is 19.8. The highest BCUT2D eigenvalue weighted by Gasteiger charge is 2.20.